The van der Waals surface area contributed by atoms with Gasteiger partial charge in [-0.25, -0.2) is 0 Å². The fourth-order valence-corrected chi connectivity index (χ4v) is 2.59. The number of rotatable bonds is 3. The predicted octanol–water partition coefficient (Wildman–Crippen LogP) is 2.72. The summed E-state index contributed by atoms with van der Waals surface area (Å²) in [5.41, 5.74) is 0.372. The highest BCUT2D eigenvalue weighted by Crippen LogP contribution is 2.19. The molecule has 0 spiro atoms. The first-order valence-electron chi connectivity index (χ1n) is 4.76. The molecule has 1 N–H and O–H groups in total. The van der Waals surface area contributed by atoms with E-state index in [1.165, 1.54) is 16.0 Å². The summed E-state index contributed by atoms with van der Waals surface area (Å²) in [4.78, 5) is 12.8. The van der Waals surface area contributed by atoms with Crippen molar-refractivity contribution in [2.75, 3.05) is 0 Å². The second-order valence-electron chi connectivity index (χ2n) is 3.42. The third-order valence-electron chi connectivity index (χ3n) is 2.07. The molecule has 0 aliphatic rings. The molecule has 0 unspecified atom stereocenters. The Kier molecular flexibility index (Phi) is 3.71. The Labute approximate surface area is 112 Å². The number of halogens is 2. The molecule has 0 bridgehead atoms. The third kappa shape index (κ3) is 3.00. The third-order valence-corrected chi connectivity index (χ3v) is 3.64. The zero-order valence-corrected chi connectivity index (χ0v) is 11.2. The van der Waals surface area contributed by atoms with Crippen molar-refractivity contribution in [1.82, 2.24) is 15.1 Å². The average molecular weight is 290 g/mol. The minimum Gasteiger partial charge on any atom is -0.347 e. The minimum atomic E-state index is -0.243. The summed E-state index contributed by atoms with van der Waals surface area (Å²) < 4.78 is 1.50. The van der Waals surface area contributed by atoms with Gasteiger partial charge >= 0.3 is 0 Å². The molecule has 0 aromatic carbocycles. The molecule has 0 fully saturated rings. The minimum absolute atomic E-state index is 0.203. The lowest BCUT2D eigenvalue weighted by Gasteiger charge is -2.01. The summed E-state index contributed by atoms with van der Waals surface area (Å²) >= 11 is 13.1. The van der Waals surface area contributed by atoms with Gasteiger partial charge in [-0.2, -0.15) is 5.10 Å². The van der Waals surface area contributed by atoms with E-state index in [9.17, 15) is 4.79 Å². The van der Waals surface area contributed by atoms with Crippen molar-refractivity contribution in [3.8, 4) is 0 Å². The molecule has 0 radical (unpaired) electrons. The van der Waals surface area contributed by atoms with E-state index in [-0.39, 0.29) is 11.1 Å². The lowest BCUT2D eigenvalue weighted by Crippen LogP contribution is -2.22. The molecular formula is C10H9Cl2N3OS. The number of carbonyl (C=O) groups is 1. The number of carbonyl (C=O) groups excluding carboxylic acids is 1. The Morgan fingerprint density at radius 1 is 1.59 bits per heavy atom. The standard InChI is InChI=1S/C10H9Cl2N3OS/c1-15-4-8(9(12)14-15)10(16)13-3-7-2-6(11)5-17-7/h2,4-5H,3H2,1H3,(H,13,16). The maximum absolute atomic E-state index is 11.8. The molecule has 2 rings (SSSR count). The fourth-order valence-electron chi connectivity index (χ4n) is 1.32. The molecule has 2 aromatic heterocycles. The number of hydrogen-bond acceptors (Lipinski definition) is 3. The van der Waals surface area contributed by atoms with Gasteiger partial charge in [0.1, 0.15) is 0 Å². The number of amides is 1. The monoisotopic (exact) mass is 289 g/mol. The van der Waals surface area contributed by atoms with Gasteiger partial charge in [0.25, 0.3) is 5.91 Å². The molecule has 2 aromatic rings. The van der Waals surface area contributed by atoms with Gasteiger partial charge in [0.2, 0.25) is 0 Å². The normalized spacial score (nSPS) is 10.5. The van der Waals surface area contributed by atoms with Crippen LogP contribution in [0.15, 0.2) is 17.6 Å². The predicted molar refractivity (Wildman–Crippen MR) is 68.7 cm³/mol. The second-order valence-corrected chi connectivity index (χ2v) is 5.21. The average Bonchev–Trinajstić information content (AvgIpc) is 2.81. The largest absolute Gasteiger partial charge is 0.347 e. The molecule has 17 heavy (non-hydrogen) atoms. The summed E-state index contributed by atoms with van der Waals surface area (Å²) in [6.45, 7) is 0.432. The van der Waals surface area contributed by atoms with Crippen molar-refractivity contribution >= 4 is 40.4 Å². The van der Waals surface area contributed by atoms with E-state index in [4.69, 9.17) is 23.2 Å². The van der Waals surface area contributed by atoms with E-state index in [0.717, 1.165) is 4.88 Å². The van der Waals surface area contributed by atoms with Crippen LogP contribution < -0.4 is 5.32 Å². The van der Waals surface area contributed by atoms with Crippen LogP contribution in [0.4, 0.5) is 0 Å². The van der Waals surface area contributed by atoms with E-state index < -0.39 is 0 Å². The summed E-state index contributed by atoms with van der Waals surface area (Å²) in [6, 6.07) is 1.82. The van der Waals surface area contributed by atoms with Gasteiger partial charge in [0.15, 0.2) is 5.15 Å². The van der Waals surface area contributed by atoms with Gasteiger partial charge in [-0.15, -0.1) is 11.3 Å². The van der Waals surface area contributed by atoms with Gasteiger partial charge in [0, 0.05) is 23.5 Å². The topological polar surface area (TPSA) is 46.9 Å². The molecule has 0 aliphatic heterocycles. The summed E-state index contributed by atoms with van der Waals surface area (Å²) in [5, 5.41) is 9.35. The van der Waals surface area contributed by atoms with Crippen molar-refractivity contribution in [3.63, 3.8) is 0 Å². The molecule has 4 nitrogen and oxygen atoms in total. The van der Waals surface area contributed by atoms with Crippen LogP contribution in [0.2, 0.25) is 10.2 Å². The van der Waals surface area contributed by atoms with Crippen LogP contribution in [0.3, 0.4) is 0 Å². The van der Waals surface area contributed by atoms with Crippen LogP contribution in [-0.4, -0.2) is 15.7 Å². The number of nitrogens with one attached hydrogen (secondary N) is 1. The summed E-state index contributed by atoms with van der Waals surface area (Å²) in [7, 11) is 1.71. The first-order valence-corrected chi connectivity index (χ1v) is 6.40. The van der Waals surface area contributed by atoms with Gasteiger partial charge in [-0.05, 0) is 6.07 Å². The van der Waals surface area contributed by atoms with E-state index in [1.54, 1.807) is 13.2 Å². The highest BCUT2D eigenvalue weighted by molar-refractivity contribution is 7.10. The lowest BCUT2D eigenvalue weighted by atomic mass is 10.3. The Bertz CT molecular complexity index is 549. The Hall–Kier alpha value is -1.04. The maximum Gasteiger partial charge on any atom is 0.256 e. The number of aryl methyl sites for hydroxylation is 1. The maximum atomic E-state index is 11.8. The van der Waals surface area contributed by atoms with Crippen molar-refractivity contribution in [2.24, 2.45) is 7.05 Å². The van der Waals surface area contributed by atoms with Gasteiger partial charge in [-0.3, -0.25) is 9.48 Å². The number of thiophene rings is 1. The van der Waals surface area contributed by atoms with Crippen molar-refractivity contribution in [2.45, 2.75) is 6.54 Å². The second kappa shape index (κ2) is 5.08. The van der Waals surface area contributed by atoms with Gasteiger partial charge in [-0.1, -0.05) is 23.2 Å². The lowest BCUT2D eigenvalue weighted by molar-refractivity contribution is 0.0951. The van der Waals surface area contributed by atoms with Crippen LogP contribution in [0, 0.1) is 0 Å². The molecule has 90 valence electrons. The van der Waals surface area contributed by atoms with Crippen LogP contribution in [0.25, 0.3) is 0 Å². The van der Waals surface area contributed by atoms with Crippen molar-refractivity contribution in [3.05, 3.63) is 38.3 Å². The zero-order valence-electron chi connectivity index (χ0n) is 8.91. The number of hydrogen-bond donors (Lipinski definition) is 1. The van der Waals surface area contributed by atoms with Crippen LogP contribution in [0.1, 0.15) is 15.2 Å². The van der Waals surface area contributed by atoms with Gasteiger partial charge < -0.3 is 5.32 Å². The molecule has 7 heteroatoms. The summed E-state index contributed by atoms with van der Waals surface area (Å²) in [6.07, 6.45) is 1.58. The zero-order chi connectivity index (χ0) is 12.4. The summed E-state index contributed by atoms with van der Waals surface area (Å²) in [5.74, 6) is -0.243. The first-order chi connectivity index (χ1) is 8.06. The fraction of sp³-hybridized carbons (Fsp3) is 0.200. The number of nitrogens with zero attached hydrogens (tertiary/aromatic N) is 2. The van der Waals surface area contributed by atoms with E-state index in [0.29, 0.717) is 17.1 Å². The van der Waals surface area contributed by atoms with E-state index in [1.807, 2.05) is 11.4 Å². The van der Waals surface area contributed by atoms with Crippen LogP contribution in [-0.2, 0) is 13.6 Å². The molecule has 0 saturated carbocycles. The smallest absolute Gasteiger partial charge is 0.256 e. The van der Waals surface area contributed by atoms with Crippen LogP contribution in [0.5, 0.6) is 0 Å². The van der Waals surface area contributed by atoms with Crippen LogP contribution >= 0.6 is 34.5 Å². The molecular weight excluding hydrogens is 281 g/mol. The molecule has 0 aliphatic carbocycles. The van der Waals surface area contributed by atoms with Crippen molar-refractivity contribution < 1.29 is 4.79 Å². The highest BCUT2D eigenvalue weighted by Gasteiger charge is 2.13. The van der Waals surface area contributed by atoms with E-state index >= 15 is 0 Å². The van der Waals surface area contributed by atoms with Crippen molar-refractivity contribution in [1.29, 1.82) is 0 Å². The molecule has 2 heterocycles. The first kappa shape index (κ1) is 12.4. The Morgan fingerprint density at radius 3 is 2.88 bits per heavy atom. The molecule has 1 amide bonds. The SMILES string of the molecule is Cn1cc(C(=O)NCc2cc(Cl)cs2)c(Cl)n1. The molecule has 0 saturated heterocycles. The Balaban J connectivity index is 2.00. The highest BCUT2D eigenvalue weighted by atomic mass is 35.5. The Morgan fingerprint density at radius 2 is 2.35 bits per heavy atom. The molecule has 0 atom stereocenters. The number of aromatic nitrogens is 2. The quantitative estimate of drug-likeness (QED) is 0.944. The van der Waals surface area contributed by atoms with Gasteiger partial charge in [0.05, 0.1) is 17.1 Å². The van der Waals surface area contributed by atoms with E-state index in [2.05, 4.69) is 10.4 Å².